The van der Waals surface area contributed by atoms with E-state index in [9.17, 15) is 13.2 Å². The van der Waals surface area contributed by atoms with E-state index < -0.39 is 22.3 Å². The molecular formula is C10H14N2O5S. The average Bonchev–Trinajstić information content (AvgIpc) is 2.28. The number of carbonyl (C=O) groups is 1. The van der Waals surface area contributed by atoms with Gasteiger partial charge in [-0.1, -0.05) is 18.2 Å². The van der Waals surface area contributed by atoms with Crippen molar-refractivity contribution in [1.82, 2.24) is 5.01 Å². The molecule has 7 nitrogen and oxygen atoms in total. The minimum absolute atomic E-state index is 0.149. The first-order chi connectivity index (χ1) is 8.33. The number of aliphatic hydroxyl groups is 1. The molecule has 0 bridgehead atoms. The van der Waals surface area contributed by atoms with Crippen molar-refractivity contribution in [2.24, 2.45) is 5.84 Å². The van der Waals surface area contributed by atoms with Crippen LogP contribution in [0.3, 0.4) is 0 Å². The van der Waals surface area contributed by atoms with Crippen molar-refractivity contribution in [3.05, 3.63) is 30.3 Å². The van der Waals surface area contributed by atoms with E-state index in [4.69, 9.17) is 10.9 Å². The van der Waals surface area contributed by atoms with E-state index in [-0.39, 0.29) is 11.4 Å². The Morgan fingerprint density at radius 2 is 2.00 bits per heavy atom. The van der Waals surface area contributed by atoms with Gasteiger partial charge in [0.15, 0.2) is 0 Å². The van der Waals surface area contributed by atoms with Gasteiger partial charge < -0.3 is 9.29 Å². The molecule has 1 unspecified atom stereocenters. The fourth-order valence-electron chi connectivity index (χ4n) is 1.14. The van der Waals surface area contributed by atoms with Gasteiger partial charge in [0.2, 0.25) is 0 Å². The predicted molar refractivity (Wildman–Crippen MR) is 62.7 cm³/mol. The van der Waals surface area contributed by atoms with Crippen LogP contribution in [0.25, 0.3) is 0 Å². The van der Waals surface area contributed by atoms with E-state index in [0.717, 1.165) is 0 Å². The standard InChI is InChI=1S/C10H14N2O5S/c1-8(13)7-12(11)10(14)17-18(15,16)9-5-3-2-4-6-9/h2-6,8,13H,7,11H2,1H3. The van der Waals surface area contributed by atoms with Crippen molar-refractivity contribution < 1.29 is 22.5 Å². The second-order valence-electron chi connectivity index (χ2n) is 3.62. The highest BCUT2D eigenvalue weighted by Crippen LogP contribution is 2.12. The van der Waals surface area contributed by atoms with Crippen LogP contribution in [0.5, 0.6) is 0 Å². The SMILES string of the molecule is CC(O)CN(N)C(=O)OS(=O)(=O)c1ccccc1. The van der Waals surface area contributed by atoms with Crippen LogP contribution in [-0.4, -0.2) is 37.3 Å². The Morgan fingerprint density at radius 1 is 1.44 bits per heavy atom. The van der Waals surface area contributed by atoms with Crippen LogP contribution in [0.2, 0.25) is 0 Å². The highest BCUT2D eigenvalue weighted by atomic mass is 32.2. The largest absolute Gasteiger partial charge is 0.440 e. The molecule has 0 aliphatic carbocycles. The van der Waals surface area contributed by atoms with E-state index >= 15 is 0 Å². The molecule has 0 radical (unpaired) electrons. The van der Waals surface area contributed by atoms with Crippen molar-refractivity contribution in [3.63, 3.8) is 0 Å². The maximum Gasteiger partial charge on any atom is 0.440 e. The first-order valence-corrected chi connectivity index (χ1v) is 6.47. The summed E-state index contributed by atoms with van der Waals surface area (Å²) in [6, 6.07) is 7.20. The highest BCUT2D eigenvalue weighted by molar-refractivity contribution is 7.87. The molecule has 0 fully saturated rings. The molecule has 8 heteroatoms. The van der Waals surface area contributed by atoms with Crippen molar-refractivity contribution in [3.8, 4) is 0 Å². The van der Waals surface area contributed by atoms with Crippen LogP contribution in [0.1, 0.15) is 6.92 Å². The summed E-state index contributed by atoms with van der Waals surface area (Å²) in [7, 11) is -4.19. The summed E-state index contributed by atoms with van der Waals surface area (Å²) in [5.41, 5.74) is 0. The zero-order valence-electron chi connectivity index (χ0n) is 9.68. The lowest BCUT2D eigenvalue weighted by molar-refractivity contribution is 0.111. The van der Waals surface area contributed by atoms with Crippen molar-refractivity contribution >= 4 is 16.2 Å². The zero-order valence-corrected chi connectivity index (χ0v) is 10.5. The van der Waals surface area contributed by atoms with E-state index in [0.29, 0.717) is 5.01 Å². The van der Waals surface area contributed by atoms with Gasteiger partial charge in [-0.2, -0.15) is 8.42 Å². The third-order valence-electron chi connectivity index (χ3n) is 1.91. The minimum Gasteiger partial charge on any atom is -0.392 e. The number of rotatable bonds is 4. The van der Waals surface area contributed by atoms with Gasteiger partial charge in [0.05, 0.1) is 12.6 Å². The normalized spacial score (nSPS) is 12.8. The Kier molecular flexibility index (Phi) is 4.65. The first-order valence-electron chi connectivity index (χ1n) is 5.06. The van der Waals surface area contributed by atoms with Crippen LogP contribution < -0.4 is 5.84 Å². The predicted octanol–water partition coefficient (Wildman–Crippen LogP) is 0.0684. The van der Waals surface area contributed by atoms with Gasteiger partial charge in [0, 0.05) is 0 Å². The second-order valence-corrected chi connectivity index (χ2v) is 5.16. The summed E-state index contributed by atoms with van der Waals surface area (Å²) in [5, 5.41) is 9.50. The summed E-state index contributed by atoms with van der Waals surface area (Å²) < 4.78 is 27.6. The minimum atomic E-state index is -4.19. The lowest BCUT2D eigenvalue weighted by atomic mass is 10.4. The zero-order chi connectivity index (χ0) is 13.8. The second kappa shape index (κ2) is 5.80. The van der Waals surface area contributed by atoms with Gasteiger partial charge in [-0.3, -0.25) is 0 Å². The Bertz CT molecular complexity index is 500. The molecule has 1 rings (SSSR count). The van der Waals surface area contributed by atoms with E-state index in [1.165, 1.54) is 31.2 Å². The molecule has 1 atom stereocenters. The molecule has 0 aliphatic heterocycles. The molecule has 100 valence electrons. The van der Waals surface area contributed by atoms with Gasteiger partial charge >= 0.3 is 16.2 Å². The molecule has 1 aromatic carbocycles. The molecule has 1 aromatic rings. The summed E-state index contributed by atoms with van der Waals surface area (Å²) in [6.45, 7) is 1.17. The van der Waals surface area contributed by atoms with Gasteiger partial charge in [0.25, 0.3) is 0 Å². The Labute approximate surface area is 105 Å². The number of carbonyl (C=O) groups excluding carboxylic acids is 1. The van der Waals surface area contributed by atoms with Crippen LogP contribution >= 0.6 is 0 Å². The fourth-order valence-corrected chi connectivity index (χ4v) is 2.01. The van der Waals surface area contributed by atoms with Crippen molar-refractivity contribution in [1.29, 1.82) is 0 Å². The lowest BCUT2D eigenvalue weighted by Crippen LogP contribution is -2.43. The summed E-state index contributed by atoms with van der Waals surface area (Å²) in [4.78, 5) is 11.2. The summed E-state index contributed by atoms with van der Waals surface area (Å²) in [6.07, 6.45) is -2.14. The van der Waals surface area contributed by atoms with Crippen molar-refractivity contribution in [2.45, 2.75) is 17.9 Å². The van der Waals surface area contributed by atoms with Gasteiger partial charge in [-0.15, -0.1) is 0 Å². The monoisotopic (exact) mass is 274 g/mol. The maximum absolute atomic E-state index is 11.6. The maximum atomic E-state index is 11.6. The topological polar surface area (TPSA) is 110 Å². The average molecular weight is 274 g/mol. The number of hydrogen-bond acceptors (Lipinski definition) is 6. The van der Waals surface area contributed by atoms with Crippen LogP contribution in [0, 0.1) is 0 Å². The molecule has 0 saturated heterocycles. The van der Waals surface area contributed by atoms with Crippen LogP contribution in [-0.2, 0) is 14.3 Å². The summed E-state index contributed by atoms with van der Waals surface area (Å²) >= 11 is 0. The van der Waals surface area contributed by atoms with Crippen LogP contribution in [0.4, 0.5) is 4.79 Å². The number of benzene rings is 1. The molecule has 0 aliphatic rings. The van der Waals surface area contributed by atoms with Crippen LogP contribution in [0.15, 0.2) is 35.2 Å². The molecule has 1 amide bonds. The lowest BCUT2D eigenvalue weighted by Gasteiger charge is -2.17. The van der Waals surface area contributed by atoms with Gasteiger partial charge in [0.1, 0.15) is 4.90 Å². The third kappa shape index (κ3) is 3.99. The molecule has 3 N–H and O–H groups in total. The van der Waals surface area contributed by atoms with Gasteiger partial charge in [-0.25, -0.2) is 15.6 Å². The molecule has 0 aromatic heterocycles. The van der Waals surface area contributed by atoms with Gasteiger partial charge in [-0.05, 0) is 19.1 Å². The first kappa shape index (κ1) is 14.4. The Balaban J connectivity index is 2.76. The number of nitrogens with two attached hydrogens (primary N) is 1. The summed E-state index contributed by atoms with van der Waals surface area (Å²) in [5.74, 6) is 5.24. The number of amides is 1. The van der Waals surface area contributed by atoms with E-state index in [2.05, 4.69) is 4.18 Å². The molecular weight excluding hydrogens is 260 g/mol. The third-order valence-corrected chi connectivity index (χ3v) is 3.12. The smallest absolute Gasteiger partial charge is 0.392 e. The quantitative estimate of drug-likeness (QED) is 0.348. The number of hydrazine groups is 1. The Hall–Kier alpha value is -1.64. The molecule has 18 heavy (non-hydrogen) atoms. The number of nitrogens with zero attached hydrogens (tertiary/aromatic N) is 1. The molecule has 0 spiro atoms. The van der Waals surface area contributed by atoms with E-state index in [1.54, 1.807) is 6.07 Å². The number of aliphatic hydroxyl groups excluding tert-OH is 1. The highest BCUT2D eigenvalue weighted by Gasteiger charge is 2.23. The van der Waals surface area contributed by atoms with Crippen molar-refractivity contribution in [2.75, 3.05) is 6.54 Å². The molecule has 0 saturated carbocycles. The fraction of sp³-hybridized carbons (Fsp3) is 0.300. The van der Waals surface area contributed by atoms with E-state index in [1.807, 2.05) is 0 Å². The Morgan fingerprint density at radius 3 is 2.50 bits per heavy atom. The molecule has 0 heterocycles. The number of hydrogen-bond donors (Lipinski definition) is 2.